The van der Waals surface area contributed by atoms with Crippen molar-refractivity contribution in [2.45, 2.75) is 19.4 Å². The maximum atomic E-state index is 8.49. The molecular formula is C7H11ClN2O. The summed E-state index contributed by atoms with van der Waals surface area (Å²) in [5.41, 5.74) is 0. The topological polar surface area (TPSA) is 38.0 Å². The minimum absolute atomic E-state index is 0.245. The lowest BCUT2D eigenvalue weighted by Crippen LogP contribution is -1.99. The molecule has 11 heavy (non-hydrogen) atoms. The van der Waals surface area contributed by atoms with Gasteiger partial charge in [0.25, 0.3) is 0 Å². The predicted octanol–water partition coefficient (Wildman–Crippen LogP) is 1.31. The largest absolute Gasteiger partial charge is 0.396 e. The zero-order valence-electron chi connectivity index (χ0n) is 6.20. The van der Waals surface area contributed by atoms with Crippen LogP contribution in [0.25, 0.3) is 0 Å². The van der Waals surface area contributed by atoms with E-state index in [-0.39, 0.29) is 6.61 Å². The third-order valence-electron chi connectivity index (χ3n) is 1.40. The molecule has 1 rings (SSSR count). The van der Waals surface area contributed by atoms with Gasteiger partial charge in [0.1, 0.15) is 0 Å². The fourth-order valence-electron chi connectivity index (χ4n) is 0.847. The first-order valence-corrected chi connectivity index (χ1v) is 4.00. The Morgan fingerprint density at radius 2 is 2.36 bits per heavy atom. The Morgan fingerprint density at radius 1 is 1.55 bits per heavy atom. The highest BCUT2D eigenvalue weighted by atomic mass is 35.5. The second kappa shape index (κ2) is 4.36. The van der Waals surface area contributed by atoms with Crippen molar-refractivity contribution in [2.24, 2.45) is 0 Å². The van der Waals surface area contributed by atoms with Crippen molar-refractivity contribution in [3.63, 3.8) is 0 Å². The van der Waals surface area contributed by atoms with Crippen molar-refractivity contribution in [1.29, 1.82) is 0 Å². The van der Waals surface area contributed by atoms with Crippen LogP contribution >= 0.6 is 11.6 Å². The molecule has 0 aliphatic carbocycles. The molecule has 0 aromatic carbocycles. The number of aromatic nitrogens is 2. The summed E-state index contributed by atoms with van der Waals surface area (Å²) in [5.74, 6) is 0. The van der Waals surface area contributed by atoms with Gasteiger partial charge in [-0.3, -0.25) is 4.68 Å². The Hall–Kier alpha value is -0.540. The fourth-order valence-corrected chi connectivity index (χ4v) is 1.00. The van der Waals surface area contributed by atoms with Gasteiger partial charge >= 0.3 is 0 Å². The van der Waals surface area contributed by atoms with Crippen molar-refractivity contribution in [1.82, 2.24) is 9.78 Å². The molecule has 0 bridgehead atoms. The zero-order valence-corrected chi connectivity index (χ0v) is 6.96. The van der Waals surface area contributed by atoms with Crippen LogP contribution in [-0.4, -0.2) is 21.5 Å². The Bertz CT molecular complexity index is 212. The average molecular weight is 175 g/mol. The van der Waals surface area contributed by atoms with E-state index in [1.54, 1.807) is 10.7 Å². The first kappa shape index (κ1) is 8.56. The summed E-state index contributed by atoms with van der Waals surface area (Å²) in [4.78, 5) is 0. The average Bonchev–Trinajstić information content (AvgIpc) is 2.37. The van der Waals surface area contributed by atoms with Crippen molar-refractivity contribution in [3.05, 3.63) is 17.4 Å². The van der Waals surface area contributed by atoms with E-state index >= 15 is 0 Å². The van der Waals surface area contributed by atoms with Gasteiger partial charge < -0.3 is 5.11 Å². The molecule has 0 aliphatic rings. The number of aliphatic hydroxyl groups excluding tert-OH is 1. The fraction of sp³-hybridized carbons (Fsp3) is 0.571. The highest BCUT2D eigenvalue weighted by molar-refractivity contribution is 6.29. The standard InChI is InChI=1S/C7H11ClN2O/c8-7-3-5-10(9-7)4-1-2-6-11/h3,5,11H,1-2,4,6H2. The first-order valence-electron chi connectivity index (χ1n) is 3.63. The van der Waals surface area contributed by atoms with E-state index < -0.39 is 0 Å². The summed E-state index contributed by atoms with van der Waals surface area (Å²) in [5, 5.41) is 13.0. The molecule has 3 nitrogen and oxygen atoms in total. The second-order valence-corrected chi connectivity index (χ2v) is 2.72. The van der Waals surface area contributed by atoms with Crippen LogP contribution < -0.4 is 0 Å². The predicted molar refractivity (Wildman–Crippen MR) is 43.6 cm³/mol. The number of halogens is 1. The highest BCUT2D eigenvalue weighted by Gasteiger charge is 1.93. The Labute approximate surface area is 70.6 Å². The lowest BCUT2D eigenvalue weighted by atomic mass is 10.3. The van der Waals surface area contributed by atoms with Crippen molar-refractivity contribution >= 4 is 11.6 Å². The molecule has 1 aromatic heterocycles. The number of hydrogen-bond acceptors (Lipinski definition) is 2. The Balaban J connectivity index is 2.27. The van der Waals surface area contributed by atoms with Crippen LogP contribution in [0.1, 0.15) is 12.8 Å². The SMILES string of the molecule is OCCCCn1ccc(Cl)n1. The van der Waals surface area contributed by atoms with Crippen molar-refractivity contribution in [3.8, 4) is 0 Å². The molecule has 4 heteroatoms. The van der Waals surface area contributed by atoms with Gasteiger partial charge in [-0.05, 0) is 18.9 Å². The minimum Gasteiger partial charge on any atom is -0.396 e. The molecule has 0 saturated carbocycles. The van der Waals surface area contributed by atoms with E-state index in [0.29, 0.717) is 5.15 Å². The van der Waals surface area contributed by atoms with Crippen molar-refractivity contribution < 1.29 is 5.11 Å². The maximum Gasteiger partial charge on any atom is 0.151 e. The van der Waals surface area contributed by atoms with Gasteiger partial charge in [-0.1, -0.05) is 11.6 Å². The van der Waals surface area contributed by atoms with E-state index in [1.165, 1.54) is 0 Å². The number of aryl methyl sites for hydroxylation is 1. The summed E-state index contributed by atoms with van der Waals surface area (Å²) in [6, 6.07) is 1.75. The van der Waals surface area contributed by atoms with Crippen LogP contribution in [0.3, 0.4) is 0 Å². The summed E-state index contributed by atoms with van der Waals surface area (Å²) in [6.45, 7) is 1.07. The normalized spacial score (nSPS) is 10.4. The molecule has 62 valence electrons. The van der Waals surface area contributed by atoms with Gasteiger partial charge in [-0.2, -0.15) is 5.10 Å². The van der Waals surface area contributed by atoms with E-state index in [1.807, 2.05) is 6.20 Å². The van der Waals surface area contributed by atoms with Crippen LogP contribution in [0, 0.1) is 0 Å². The molecule has 1 heterocycles. The quantitative estimate of drug-likeness (QED) is 0.699. The van der Waals surface area contributed by atoms with Crippen LogP contribution in [0.5, 0.6) is 0 Å². The summed E-state index contributed by atoms with van der Waals surface area (Å²) in [6.07, 6.45) is 3.59. The second-order valence-electron chi connectivity index (χ2n) is 2.33. The van der Waals surface area contributed by atoms with Crippen molar-refractivity contribution in [2.75, 3.05) is 6.61 Å². The monoisotopic (exact) mass is 174 g/mol. The number of rotatable bonds is 4. The molecule has 0 saturated heterocycles. The number of aliphatic hydroxyl groups is 1. The van der Waals surface area contributed by atoms with Crippen LogP contribution in [-0.2, 0) is 6.54 Å². The van der Waals surface area contributed by atoms with Crippen LogP contribution in [0.2, 0.25) is 5.15 Å². The minimum atomic E-state index is 0.245. The van der Waals surface area contributed by atoms with Crippen LogP contribution in [0.4, 0.5) is 0 Å². The highest BCUT2D eigenvalue weighted by Crippen LogP contribution is 2.03. The van der Waals surface area contributed by atoms with Gasteiger partial charge in [-0.25, -0.2) is 0 Å². The summed E-state index contributed by atoms with van der Waals surface area (Å²) in [7, 11) is 0. The first-order chi connectivity index (χ1) is 5.33. The summed E-state index contributed by atoms with van der Waals surface area (Å²) < 4.78 is 1.78. The Morgan fingerprint density at radius 3 is 2.91 bits per heavy atom. The molecule has 0 radical (unpaired) electrons. The van der Waals surface area contributed by atoms with E-state index in [9.17, 15) is 0 Å². The lowest BCUT2D eigenvalue weighted by Gasteiger charge is -1.97. The molecule has 1 aromatic rings. The van der Waals surface area contributed by atoms with Gasteiger partial charge in [0, 0.05) is 19.3 Å². The van der Waals surface area contributed by atoms with Gasteiger partial charge in [-0.15, -0.1) is 0 Å². The molecule has 0 spiro atoms. The van der Waals surface area contributed by atoms with Gasteiger partial charge in [0.15, 0.2) is 5.15 Å². The van der Waals surface area contributed by atoms with E-state index in [0.717, 1.165) is 19.4 Å². The third-order valence-corrected chi connectivity index (χ3v) is 1.61. The Kier molecular flexibility index (Phi) is 3.39. The number of unbranched alkanes of at least 4 members (excludes halogenated alkanes) is 1. The van der Waals surface area contributed by atoms with Gasteiger partial charge in [0.05, 0.1) is 0 Å². The lowest BCUT2D eigenvalue weighted by molar-refractivity contribution is 0.280. The number of hydrogen-bond donors (Lipinski definition) is 1. The third kappa shape index (κ3) is 2.91. The summed E-state index contributed by atoms with van der Waals surface area (Å²) >= 11 is 5.59. The molecule has 0 unspecified atom stereocenters. The van der Waals surface area contributed by atoms with E-state index in [2.05, 4.69) is 5.10 Å². The van der Waals surface area contributed by atoms with E-state index in [4.69, 9.17) is 16.7 Å². The van der Waals surface area contributed by atoms with Gasteiger partial charge in [0.2, 0.25) is 0 Å². The smallest absolute Gasteiger partial charge is 0.151 e. The molecule has 0 atom stereocenters. The molecule has 0 amide bonds. The van der Waals surface area contributed by atoms with Crippen LogP contribution in [0.15, 0.2) is 12.3 Å². The molecular weight excluding hydrogens is 164 g/mol. The molecule has 0 fully saturated rings. The zero-order chi connectivity index (χ0) is 8.10. The molecule has 0 aliphatic heterocycles. The number of nitrogens with zero attached hydrogens (tertiary/aromatic N) is 2. The maximum absolute atomic E-state index is 8.49. The molecule has 1 N–H and O–H groups in total.